The zero-order chi connectivity index (χ0) is 36.5. The van der Waals surface area contributed by atoms with Crippen LogP contribution >= 0.6 is 11.6 Å². The molecule has 2 atom stereocenters. The van der Waals surface area contributed by atoms with Gasteiger partial charge in [-0.2, -0.15) is 5.26 Å². The standard InChI is InChI=1S/C33H30ClF4N7O5/c1-32(2,3)50-31(49)43-16-25(45(26(46)17-43)30-40-9-8-20(15-39)42-30)29(48)44(22-11-18(35)10-19(36)12-22)27(23-6-4-5-7-24(23)34)28(47)41-21-13-33(37,38)14-21/h4-12,21,25,27H,13-14,16-17H2,1-3H3,(H,41,47). The van der Waals surface area contributed by atoms with E-state index >= 15 is 4.79 Å². The van der Waals surface area contributed by atoms with Crippen LogP contribution < -0.4 is 15.1 Å². The third kappa shape index (κ3) is 7.94. The number of carbonyl (C=O) groups is 4. The predicted octanol–water partition coefficient (Wildman–Crippen LogP) is 4.92. The number of ether oxygens (including phenoxy) is 1. The van der Waals surface area contributed by atoms with E-state index in [0.29, 0.717) is 11.0 Å². The minimum Gasteiger partial charge on any atom is -0.444 e. The highest BCUT2D eigenvalue weighted by Gasteiger charge is 2.49. The molecule has 1 saturated carbocycles. The molecule has 0 spiro atoms. The van der Waals surface area contributed by atoms with E-state index in [9.17, 15) is 37.2 Å². The predicted molar refractivity (Wildman–Crippen MR) is 170 cm³/mol. The van der Waals surface area contributed by atoms with Crippen molar-refractivity contribution in [2.24, 2.45) is 0 Å². The van der Waals surface area contributed by atoms with Crippen molar-refractivity contribution in [3.8, 4) is 6.07 Å². The third-order valence-electron chi connectivity index (χ3n) is 7.72. The summed E-state index contributed by atoms with van der Waals surface area (Å²) in [6, 6.07) is 6.13. The van der Waals surface area contributed by atoms with Crippen molar-refractivity contribution in [1.82, 2.24) is 20.2 Å². The Kier molecular flexibility index (Phi) is 10.0. The van der Waals surface area contributed by atoms with Crippen LogP contribution in [0, 0.1) is 23.0 Å². The fraction of sp³-hybridized carbons (Fsp3) is 0.364. The van der Waals surface area contributed by atoms with Gasteiger partial charge in [-0.05, 0) is 45.0 Å². The molecule has 2 unspecified atom stereocenters. The van der Waals surface area contributed by atoms with Crippen LogP contribution in [0.4, 0.5) is 34.0 Å². The van der Waals surface area contributed by atoms with Gasteiger partial charge in [0.1, 0.15) is 47.6 Å². The molecule has 1 aliphatic heterocycles. The minimum atomic E-state index is -3.04. The first kappa shape index (κ1) is 36.0. The topological polar surface area (TPSA) is 149 Å². The van der Waals surface area contributed by atoms with E-state index in [1.165, 1.54) is 30.3 Å². The zero-order valence-electron chi connectivity index (χ0n) is 26.9. The van der Waals surface area contributed by atoms with Gasteiger partial charge in [0.15, 0.2) is 0 Å². The fourth-order valence-corrected chi connectivity index (χ4v) is 5.82. The lowest BCUT2D eigenvalue weighted by Crippen LogP contribution is -2.65. The Morgan fingerprint density at radius 1 is 1.12 bits per heavy atom. The van der Waals surface area contributed by atoms with Gasteiger partial charge in [-0.1, -0.05) is 29.8 Å². The van der Waals surface area contributed by atoms with E-state index in [1.807, 2.05) is 0 Å². The molecule has 0 radical (unpaired) electrons. The van der Waals surface area contributed by atoms with Crippen molar-refractivity contribution in [1.29, 1.82) is 5.26 Å². The lowest BCUT2D eigenvalue weighted by molar-refractivity contribution is -0.133. The summed E-state index contributed by atoms with van der Waals surface area (Å²) >= 11 is 6.51. The van der Waals surface area contributed by atoms with Crippen LogP contribution in [-0.4, -0.2) is 75.4 Å². The Bertz CT molecular complexity index is 1860. The van der Waals surface area contributed by atoms with Gasteiger partial charge >= 0.3 is 6.09 Å². The Hall–Kier alpha value is -5.30. The highest BCUT2D eigenvalue weighted by atomic mass is 35.5. The molecule has 17 heteroatoms. The van der Waals surface area contributed by atoms with Crippen LogP contribution in [0.2, 0.25) is 5.02 Å². The maximum Gasteiger partial charge on any atom is 0.410 e. The van der Waals surface area contributed by atoms with Crippen molar-refractivity contribution in [2.75, 3.05) is 22.9 Å². The van der Waals surface area contributed by atoms with E-state index < -0.39 is 103 Å². The lowest BCUT2D eigenvalue weighted by atomic mass is 9.87. The molecular weight excluding hydrogens is 686 g/mol. The average molecular weight is 716 g/mol. The number of carbonyl (C=O) groups excluding carboxylic acids is 4. The molecule has 50 heavy (non-hydrogen) atoms. The van der Waals surface area contributed by atoms with Crippen LogP contribution in [-0.2, 0) is 19.1 Å². The second-order valence-electron chi connectivity index (χ2n) is 12.7. The van der Waals surface area contributed by atoms with E-state index in [-0.39, 0.29) is 16.3 Å². The van der Waals surface area contributed by atoms with Gasteiger partial charge in [0.25, 0.3) is 11.8 Å². The number of anilines is 2. The summed E-state index contributed by atoms with van der Waals surface area (Å²) in [7, 11) is 0. The molecule has 4 amide bonds. The largest absolute Gasteiger partial charge is 0.444 e. The molecule has 262 valence electrons. The summed E-state index contributed by atoms with van der Waals surface area (Å²) in [6.45, 7) is 3.52. The number of piperazine rings is 1. The quantitative estimate of drug-likeness (QED) is 0.339. The molecule has 2 fully saturated rings. The molecule has 0 bridgehead atoms. The van der Waals surface area contributed by atoms with Crippen molar-refractivity contribution in [2.45, 2.75) is 63.3 Å². The number of hydrogen-bond acceptors (Lipinski definition) is 8. The first-order valence-electron chi connectivity index (χ1n) is 15.2. The number of hydrogen-bond donors (Lipinski definition) is 1. The van der Waals surface area contributed by atoms with Crippen LogP contribution in [0.1, 0.15) is 50.9 Å². The Labute approximate surface area is 288 Å². The first-order valence-corrected chi connectivity index (χ1v) is 15.6. The Morgan fingerprint density at radius 3 is 2.38 bits per heavy atom. The number of nitrogens with one attached hydrogen (secondary N) is 1. The normalized spacial score (nSPS) is 18.1. The van der Waals surface area contributed by atoms with Crippen LogP contribution in [0.15, 0.2) is 54.7 Å². The summed E-state index contributed by atoms with van der Waals surface area (Å²) < 4.78 is 62.7. The van der Waals surface area contributed by atoms with Crippen molar-refractivity contribution >= 4 is 47.1 Å². The smallest absolute Gasteiger partial charge is 0.410 e. The number of benzene rings is 2. The zero-order valence-corrected chi connectivity index (χ0v) is 27.6. The van der Waals surface area contributed by atoms with E-state index in [2.05, 4.69) is 15.3 Å². The molecule has 2 aromatic carbocycles. The molecule has 1 N–H and O–H groups in total. The van der Waals surface area contributed by atoms with Crippen LogP contribution in [0.5, 0.6) is 0 Å². The van der Waals surface area contributed by atoms with Gasteiger partial charge in [-0.15, -0.1) is 0 Å². The number of rotatable bonds is 7. The summed E-state index contributed by atoms with van der Waals surface area (Å²) in [5, 5.41) is 11.9. The number of halogens is 5. The SMILES string of the molecule is CC(C)(C)OC(=O)N1CC(=O)N(c2nccc(C#N)n2)C(C(=O)N(c2cc(F)cc(F)c2)C(C(=O)NC2CC(F)(F)C2)c2ccccc2Cl)C1. The summed E-state index contributed by atoms with van der Waals surface area (Å²) in [6.07, 6.45) is -1.22. The van der Waals surface area contributed by atoms with Gasteiger partial charge in [-0.25, -0.2) is 32.3 Å². The number of amides is 4. The van der Waals surface area contributed by atoms with Gasteiger partial charge in [0.2, 0.25) is 17.8 Å². The monoisotopic (exact) mass is 715 g/mol. The molecule has 3 aromatic rings. The highest BCUT2D eigenvalue weighted by molar-refractivity contribution is 6.31. The number of alkyl halides is 2. The molecule has 2 heterocycles. The second kappa shape index (κ2) is 13.9. The highest BCUT2D eigenvalue weighted by Crippen LogP contribution is 2.39. The van der Waals surface area contributed by atoms with Crippen molar-refractivity contribution in [3.63, 3.8) is 0 Å². The number of aromatic nitrogens is 2. The maximum absolute atomic E-state index is 15.0. The molecule has 1 aliphatic carbocycles. The Balaban J connectivity index is 1.69. The minimum absolute atomic E-state index is 0.0591. The Morgan fingerprint density at radius 2 is 1.78 bits per heavy atom. The van der Waals surface area contributed by atoms with E-state index in [4.69, 9.17) is 16.3 Å². The second-order valence-corrected chi connectivity index (χ2v) is 13.1. The van der Waals surface area contributed by atoms with E-state index in [0.717, 1.165) is 28.1 Å². The third-order valence-corrected chi connectivity index (χ3v) is 8.06. The lowest BCUT2D eigenvalue weighted by Gasteiger charge is -2.43. The van der Waals surface area contributed by atoms with E-state index in [1.54, 1.807) is 26.8 Å². The molecule has 12 nitrogen and oxygen atoms in total. The molecule has 1 aromatic heterocycles. The summed E-state index contributed by atoms with van der Waals surface area (Å²) in [4.78, 5) is 66.6. The van der Waals surface area contributed by atoms with Crippen LogP contribution in [0.3, 0.4) is 0 Å². The van der Waals surface area contributed by atoms with Gasteiger partial charge in [0, 0.05) is 41.7 Å². The maximum atomic E-state index is 15.0. The van der Waals surface area contributed by atoms with Crippen LogP contribution in [0.25, 0.3) is 0 Å². The summed E-state index contributed by atoms with van der Waals surface area (Å²) in [5.41, 5.74) is -1.77. The fourth-order valence-electron chi connectivity index (χ4n) is 5.58. The van der Waals surface area contributed by atoms with Crippen molar-refractivity contribution < 1.29 is 41.5 Å². The van der Waals surface area contributed by atoms with Gasteiger partial charge < -0.3 is 10.1 Å². The molecule has 1 saturated heterocycles. The molecule has 2 aliphatic rings. The molecule has 5 rings (SSSR count). The van der Waals surface area contributed by atoms with Gasteiger partial charge in [0.05, 0.1) is 12.2 Å². The molecular formula is C33H30ClF4N7O5. The van der Waals surface area contributed by atoms with Gasteiger partial charge in [-0.3, -0.25) is 29.1 Å². The average Bonchev–Trinajstić information content (AvgIpc) is 3.01. The summed E-state index contributed by atoms with van der Waals surface area (Å²) in [5.74, 6) is -8.86. The number of nitrogens with zero attached hydrogens (tertiary/aromatic N) is 6. The number of nitriles is 1. The first-order chi connectivity index (χ1) is 23.5. The van der Waals surface area contributed by atoms with Crippen molar-refractivity contribution in [3.05, 3.63) is 82.6 Å².